The summed E-state index contributed by atoms with van der Waals surface area (Å²) in [5.41, 5.74) is 6.62. The molecule has 138 valence electrons. The molecule has 3 aromatic carbocycles. The number of benzene rings is 3. The van der Waals surface area contributed by atoms with Crippen molar-refractivity contribution in [2.24, 2.45) is 0 Å². The van der Waals surface area contributed by atoms with Gasteiger partial charge in [-0.05, 0) is 42.2 Å². The smallest absolute Gasteiger partial charge is 0.255 e. The second-order valence-electron chi connectivity index (χ2n) is 7.43. The summed E-state index contributed by atoms with van der Waals surface area (Å²) < 4.78 is 0. The Hall–Kier alpha value is -3.33. The number of nitrogens with zero attached hydrogens (tertiary/aromatic N) is 1. The van der Waals surface area contributed by atoms with Gasteiger partial charge in [0.15, 0.2) is 0 Å². The van der Waals surface area contributed by atoms with Gasteiger partial charge < -0.3 is 9.88 Å². The van der Waals surface area contributed by atoms with E-state index >= 15 is 0 Å². The molecule has 1 aliphatic rings. The lowest BCUT2D eigenvalue weighted by Crippen LogP contribution is -2.31. The van der Waals surface area contributed by atoms with Crippen LogP contribution in [-0.2, 0) is 6.42 Å². The molecule has 0 spiro atoms. The molecule has 1 aromatic heterocycles. The number of rotatable bonds is 4. The standard InChI is InChI=1S/C25H22N2O/c1-17-19-11-7-8-14-22(19)26-23(17)24-20-12-5-6-13-21(20)25(28)27(24)16-15-18-9-3-2-4-10-18/h2-14,24,26H,15-16H2,1H3. The van der Waals surface area contributed by atoms with E-state index in [1.807, 2.05) is 35.2 Å². The fourth-order valence-electron chi connectivity index (χ4n) is 4.38. The van der Waals surface area contributed by atoms with Crippen LogP contribution in [0.15, 0.2) is 78.9 Å². The molecule has 5 rings (SSSR count). The van der Waals surface area contributed by atoms with E-state index in [0.717, 1.165) is 28.8 Å². The van der Waals surface area contributed by atoms with Crippen molar-refractivity contribution in [3.63, 3.8) is 0 Å². The number of para-hydroxylation sites is 1. The summed E-state index contributed by atoms with van der Waals surface area (Å²) in [5, 5.41) is 1.22. The Kier molecular flexibility index (Phi) is 4.01. The predicted molar refractivity (Wildman–Crippen MR) is 113 cm³/mol. The average molecular weight is 366 g/mol. The molecule has 3 nitrogen and oxygen atoms in total. The molecule has 0 saturated heterocycles. The minimum atomic E-state index is -0.0696. The van der Waals surface area contributed by atoms with E-state index in [-0.39, 0.29) is 11.9 Å². The van der Waals surface area contributed by atoms with Crippen molar-refractivity contribution in [3.8, 4) is 0 Å². The van der Waals surface area contributed by atoms with Gasteiger partial charge in [-0.2, -0.15) is 0 Å². The van der Waals surface area contributed by atoms with E-state index in [0.29, 0.717) is 6.54 Å². The molecule has 1 N–H and O–H groups in total. The zero-order chi connectivity index (χ0) is 19.1. The Morgan fingerprint density at radius 2 is 1.61 bits per heavy atom. The van der Waals surface area contributed by atoms with Gasteiger partial charge in [0.2, 0.25) is 0 Å². The molecular weight excluding hydrogens is 344 g/mol. The largest absolute Gasteiger partial charge is 0.356 e. The fraction of sp³-hybridized carbons (Fsp3) is 0.160. The third-order valence-electron chi connectivity index (χ3n) is 5.82. The summed E-state index contributed by atoms with van der Waals surface area (Å²) in [4.78, 5) is 18.9. The number of H-pyrrole nitrogens is 1. The number of amides is 1. The Balaban J connectivity index is 1.59. The number of nitrogens with one attached hydrogen (secondary N) is 1. The molecule has 4 aromatic rings. The number of fused-ring (bicyclic) bond motifs is 2. The summed E-state index contributed by atoms with van der Waals surface area (Å²) in [6, 6.07) is 26.7. The van der Waals surface area contributed by atoms with E-state index in [1.165, 1.54) is 16.5 Å². The van der Waals surface area contributed by atoms with Crippen LogP contribution in [0.1, 0.15) is 38.8 Å². The Labute approximate surface area is 164 Å². The molecule has 0 aliphatic carbocycles. The van der Waals surface area contributed by atoms with Crippen LogP contribution in [0.4, 0.5) is 0 Å². The van der Waals surface area contributed by atoms with Crippen molar-refractivity contribution < 1.29 is 4.79 Å². The monoisotopic (exact) mass is 366 g/mol. The number of hydrogen-bond acceptors (Lipinski definition) is 1. The van der Waals surface area contributed by atoms with Crippen LogP contribution in [0.2, 0.25) is 0 Å². The van der Waals surface area contributed by atoms with Gasteiger partial charge >= 0.3 is 0 Å². The first kappa shape index (κ1) is 16.8. The van der Waals surface area contributed by atoms with Crippen molar-refractivity contribution in [2.45, 2.75) is 19.4 Å². The highest BCUT2D eigenvalue weighted by Crippen LogP contribution is 2.40. The highest BCUT2D eigenvalue weighted by Gasteiger charge is 2.38. The van der Waals surface area contributed by atoms with Gasteiger partial charge in [-0.1, -0.05) is 66.7 Å². The van der Waals surface area contributed by atoms with Gasteiger partial charge in [0.25, 0.3) is 5.91 Å². The zero-order valence-electron chi connectivity index (χ0n) is 15.9. The second-order valence-corrected chi connectivity index (χ2v) is 7.43. The molecule has 28 heavy (non-hydrogen) atoms. The van der Waals surface area contributed by atoms with Gasteiger partial charge in [-0.25, -0.2) is 0 Å². The number of hydrogen-bond donors (Lipinski definition) is 1. The first-order chi connectivity index (χ1) is 13.7. The van der Waals surface area contributed by atoms with Crippen LogP contribution in [0.25, 0.3) is 10.9 Å². The van der Waals surface area contributed by atoms with E-state index in [2.05, 4.69) is 60.4 Å². The SMILES string of the molecule is Cc1c(C2c3ccccc3C(=O)N2CCc2ccccc2)[nH]c2ccccc12. The van der Waals surface area contributed by atoms with Crippen LogP contribution in [-0.4, -0.2) is 22.3 Å². The van der Waals surface area contributed by atoms with Gasteiger partial charge in [0.1, 0.15) is 0 Å². The number of carbonyl (C=O) groups excluding carboxylic acids is 1. The van der Waals surface area contributed by atoms with Crippen LogP contribution < -0.4 is 0 Å². The lowest BCUT2D eigenvalue weighted by atomic mass is 9.99. The van der Waals surface area contributed by atoms with E-state index in [1.54, 1.807) is 0 Å². The minimum absolute atomic E-state index is 0.0696. The van der Waals surface area contributed by atoms with Gasteiger partial charge in [0, 0.05) is 28.7 Å². The van der Waals surface area contributed by atoms with Crippen LogP contribution in [0, 0.1) is 6.92 Å². The summed E-state index contributed by atoms with van der Waals surface area (Å²) in [7, 11) is 0. The second kappa shape index (κ2) is 6.68. The number of aromatic amines is 1. The zero-order valence-corrected chi connectivity index (χ0v) is 15.9. The number of carbonyl (C=O) groups is 1. The normalized spacial score (nSPS) is 16.0. The third-order valence-corrected chi connectivity index (χ3v) is 5.82. The summed E-state index contributed by atoms with van der Waals surface area (Å²) >= 11 is 0. The highest BCUT2D eigenvalue weighted by molar-refractivity contribution is 6.00. The lowest BCUT2D eigenvalue weighted by Gasteiger charge is -2.25. The maximum Gasteiger partial charge on any atom is 0.255 e. The van der Waals surface area contributed by atoms with Crippen LogP contribution in [0.3, 0.4) is 0 Å². The maximum absolute atomic E-state index is 13.2. The van der Waals surface area contributed by atoms with Crippen LogP contribution in [0.5, 0.6) is 0 Å². The highest BCUT2D eigenvalue weighted by atomic mass is 16.2. The molecule has 2 heterocycles. The van der Waals surface area contributed by atoms with E-state index in [9.17, 15) is 4.79 Å². The molecular formula is C25H22N2O. The molecule has 0 bridgehead atoms. The van der Waals surface area contributed by atoms with Crippen molar-refractivity contribution in [2.75, 3.05) is 6.54 Å². The Morgan fingerprint density at radius 1 is 0.893 bits per heavy atom. The molecule has 0 saturated carbocycles. The molecule has 1 atom stereocenters. The fourth-order valence-corrected chi connectivity index (χ4v) is 4.38. The van der Waals surface area contributed by atoms with E-state index in [4.69, 9.17) is 0 Å². The average Bonchev–Trinajstić information content (AvgIpc) is 3.22. The summed E-state index contributed by atoms with van der Waals surface area (Å²) in [6.07, 6.45) is 0.844. The van der Waals surface area contributed by atoms with Crippen molar-refractivity contribution in [1.82, 2.24) is 9.88 Å². The van der Waals surface area contributed by atoms with Crippen molar-refractivity contribution in [3.05, 3.63) is 107 Å². The van der Waals surface area contributed by atoms with Gasteiger partial charge in [-0.15, -0.1) is 0 Å². The summed E-state index contributed by atoms with van der Waals surface area (Å²) in [6.45, 7) is 2.84. The maximum atomic E-state index is 13.2. The summed E-state index contributed by atoms with van der Waals surface area (Å²) in [5.74, 6) is 0.120. The first-order valence-electron chi connectivity index (χ1n) is 9.75. The molecule has 3 heteroatoms. The quantitative estimate of drug-likeness (QED) is 0.525. The molecule has 1 aliphatic heterocycles. The van der Waals surface area contributed by atoms with Crippen molar-refractivity contribution in [1.29, 1.82) is 0 Å². The van der Waals surface area contributed by atoms with Gasteiger partial charge in [0.05, 0.1) is 6.04 Å². The van der Waals surface area contributed by atoms with Crippen LogP contribution >= 0.6 is 0 Å². The molecule has 1 unspecified atom stereocenters. The molecule has 0 fully saturated rings. The minimum Gasteiger partial charge on any atom is -0.356 e. The Bertz CT molecular complexity index is 1160. The number of aromatic nitrogens is 1. The topological polar surface area (TPSA) is 36.1 Å². The van der Waals surface area contributed by atoms with Gasteiger partial charge in [-0.3, -0.25) is 4.79 Å². The molecule has 1 amide bonds. The van der Waals surface area contributed by atoms with E-state index < -0.39 is 0 Å². The van der Waals surface area contributed by atoms with Crippen molar-refractivity contribution >= 4 is 16.8 Å². The first-order valence-corrected chi connectivity index (χ1v) is 9.75. The Morgan fingerprint density at radius 3 is 2.43 bits per heavy atom. The number of aryl methyl sites for hydroxylation is 1. The predicted octanol–water partition coefficient (Wildman–Crippen LogP) is 5.26. The third kappa shape index (κ3) is 2.63. The molecule has 0 radical (unpaired) electrons. The lowest BCUT2D eigenvalue weighted by molar-refractivity contribution is 0.0749.